The van der Waals surface area contributed by atoms with E-state index in [2.05, 4.69) is 10.2 Å². The van der Waals surface area contributed by atoms with Gasteiger partial charge >= 0.3 is 12.0 Å². The van der Waals surface area contributed by atoms with Crippen LogP contribution in [0.15, 0.2) is 35.5 Å². The number of benzene rings is 1. The van der Waals surface area contributed by atoms with Crippen LogP contribution in [0.25, 0.3) is 0 Å². The number of carbonyl (C=O) groups is 3. The van der Waals surface area contributed by atoms with Crippen LogP contribution >= 0.6 is 0 Å². The first-order valence-electron chi connectivity index (χ1n) is 11.6. The molecule has 180 valence electrons. The summed E-state index contributed by atoms with van der Waals surface area (Å²) in [6.07, 6.45) is 0.464. The van der Waals surface area contributed by atoms with Crippen LogP contribution in [-0.2, 0) is 14.3 Å². The summed E-state index contributed by atoms with van der Waals surface area (Å²) in [6, 6.07) is 4.71. The number of likely N-dealkylation sites (N-methyl/N-ethyl adjacent to an activating group) is 1. The molecule has 8 nitrogen and oxygen atoms in total. The van der Waals surface area contributed by atoms with Crippen molar-refractivity contribution in [3.63, 3.8) is 0 Å². The zero-order chi connectivity index (χ0) is 24.1. The van der Waals surface area contributed by atoms with Crippen molar-refractivity contribution in [3.8, 4) is 0 Å². The first-order valence-corrected chi connectivity index (χ1v) is 11.6. The highest BCUT2D eigenvalue weighted by atomic mass is 19.1. The summed E-state index contributed by atoms with van der Waals surface area (Å²) < 4.78 is 18.9. The lowest BCUT2D eigenvalue weighted by Crippen LogP contribution is -2.56. The van der Waals surface area contributed by atoms with Crippen LogP contribution < -0.4 is 5.32 Å². The van der Waals surface area contributed by atoms with E-state index >= 15 is 0 Å². The Hall–Kier alpha value is -2.94. The fraction of sp³-hybridized carbons (Fsp3) is 0.542. The molecule has 0 saturated carbocycles. The van der Waals surface area contributed by atoms with Crippen molar-refractivity contribution in [2.45, 2.75) is 46.2 Å². The number of ether oxygens (including phenoxy) is 1. The number of hydrogen-bond donors (Lipinski definition) is 1. The monoisotopic (exact) mass is 460 g/mol. The summed E-state index contributed by atoms with van der Waals surface area (Å²) in [4.78, 5) is 43.9. The van der Waals surface area contributed by atoms with Crippen LogP contribution in [-0.4, -0.2) is 78.0 Å². The van der Waals surface area contributed by atoms with E-state index in [1.165, 1.54) is 12.1 Å². The summed E-state index contributed by atoms with van der Waals surface area (Å²) in [6.45, 7) is 10.2. The lowest BCUT2D eigenvalue weighted by molar-refractivity contribution is -0.139. The molecule has 9 heteroatoms. The molecule has 1 saturated heterocycles. The van der Waals surface area contributed by atoms with Gasteiger partial charge in [-0.15, -0.1) is 0 Å². The maximum Gasteiger partial charge on any atom is 0.338 e. The molecule has 1 fully saturated rings. The number of rotatable bonds is 7. The van der Waals surface area contributed by atoms with Crippen LogP contribution in [0.5, 0.6) is 0 Å². The van der Waals surface area contributed by atoms with Crippen molar-refractivity contribution in [3.05, 3.63) is 46.9 Å². The molecule has 2 atom stereocenters. The molecule has 2 heterocycles. The molecule has 33 heavy (non-hydrogen) atoms. The molecule has 0 radical (unpaired) electrons. The van der Waals surface area contributed by atoms with Gasteiger partial charge in [0.15, 0.2) is 0 Å². The lowest BCUT2D eigenvalue weighted by atomic mass is 9.94. The fourth-order valence-electron chi connectivity index (χ4n) is 4.52. The SMILES string of the molecule is CCOC(=O)C1=C(CN2CCN(C(=O)CC)[C@@H](C)C2)N(CC)C(=O)N[C@H]1c1ccc(F)cc1. The first-order chi connectivity index (χ1) is 15.8. The predicted molar refractivity (Wildman–Crippen MR) is 122 cm³/mol. The van der Waals surface area contributed by atoms with Gasteiger partial charge in [-0.3, -0.25) is 14.6 Å². The third kappa shape index (κ3) is 5.35. The van der Waals surface area contributed by atoms with Crippen LogP contribution in [0, 0.1) is 5.82 Å². The number of nitrogens with one attached hydrogen (secondary N) is 1. The number of carbonyl (C=O) groups excluding carboxylic acids is 3. The summed E-state index contributed by atoms with van der Waals surface area (Å²) in [5.41, 5.74) is 1.54. The van der Waals surface area contributed by atoms with Crippen molar-refractivity contribution < 1.29 is 23.5 Å². The number of amides is 3. The van der Waals surface area contributed by atoms with Crippen LogP contribution in [0.4, 0.5) is 9.18 Å². The van der Waals surface area contributed by atoms with E-state index in [1.54, 1.807) is 24.0 Å². The highest BCUT2D eigenvalue weighted by molar-refractivity contribution is 5.95. The first kappa shape index (κ1) is 24.7. The summed E-state index contributed by atoms with van der Waals surface area (Å²) in [5, 5.41) is 2.88. The molecule has 0 aromatic heterocycles. The minimum Gasteiger partial charge on any atom is -0.463 e. The molecular weight excluding hydrogens is 427 g/mol. The van der Waals surface area contributed by atoms with Crippen molar-refractivity contribution in [2.75, 3.05) is 39.3 Å². The molecule has 1 aromatic rings. The predicted octanol–water partition coefficient (Wildman–Crippen LogP) is 2.67. The van der Waals surface area contributed by atoms with E-state index in [9.17, 15) is 18.8 Å². The van der Waals surface area contributed by atoms with Gasteiger partial charge in [-0.05, 0) is 38.5 Å². The average molecular weight is 461 g/mol. The molecular formula is C24H33FN4O4. The normalized spacial score (nSPS) is 21.8. The highest BCUT2D eigenvalue weighted by Gasteiger charge is 2.39. The van der Waals surface area contributed by atoms with E-state index in [-0.39, 0.29) is 24.6 Å². The number of esters is 1. The average Bonchev–Trinajstić information content (AvgIpc) is 2.79. The topological polar surface area (TPSA) is 82.2 Å². The Kier molecular flexibility index (Phi) is 8.07. The van der Waals surface area contributed by atoms with Gasteiger partial charge in [-0.25, -0.2) is 14.0 Å². The van der Waals surface area contributed by atoms with E-state index in [1.807, 2.05) is 25.7 Å². The lowest BCUT2D eigenvalue weighted by Gasteiger charge is -2.43. The van der Waals surface area contributed by atoms with Crippen LogP contribution in [0.3, 0.4) is 0 Å². The molecule has 0 aliphatic carbocycles. The Bertz CT molecular complexity index is 918. The molecule has 3 rings (SSSR count). The quantitative estimate of drug-likeness (QED) is 0.633. The smallest absolute Gasteiger partial charge is 0.338 e. The van der Waals surface area contributed by atoms with Gasteiger partial charge in [-0.2, -0.15) is 0 Å². The Morgan fingerprint density at radius 1 is 1.15 bits per heavy atom. The molecule has 2 aliphatic heterocycles. The third-order valence-electron chi connectivity index (χ3n) is 6.16. The van der Waals surface area contributed by atoms with Gasteiger partial charge < -0.3 is 15.0 Å². The number of halogens is 1. The molecule has 2 aliphatic rings. The van der Waals surface area contributed by atoms with Crippen molar-refractivity contribution in [1.29, 1.82) is 0 Å². The molecule has 0 bridgehead atoms. The van der Waals surface area contributed by atoms with E-state index in [4.69, 9.17) is 4.74 Å². The van der Waals surface area contributed by atoms with Crippen molar-refractivity contribution in [2.24, 2.45) is 0 Å². The minimum absolute atomic E-state index is 0.0261. The largest absolute Gasteiger partial charge is 0.463 e. The molecule has 1 N–H and O–H groups in total. The molecule has 0 spiro atoms. The maximum absolute atomic E-state index is 13.5. The summed E-state index contributed by atoms with van der Waals surface area (Å²) in [5.74, 6) is -0.781. The Morgan fingerprint density at radius 2 is 1.85 bits per heavy atom. The van der Waals surface area contributed by atoms with Gasteiger partial charge in [0.2, 0.25) is 5.91 Å². The third-order valence-corrected chi connectivity index (χ3v) is 6.16. The number of nitrogens with zero attached hydrogens (tertiary/aromatic N) is 3. The Morgan fingerprint density at radius 3 is 2.42 bits per heavy atom. The van der Waals surface area contributed by atoms with E-state index < -0.39 is 17.8 Å². The fourth-order valence-corrected chi connectivity index (χ4v) is 4.52. The summed E-state index contributed by atoms with van der Waals surface area (Å²) in [7, 11) is 0. The minimum atomic E-state index is -0.740. The standard InChI is InChI=1S/C24H33FN4O4/c1-5-20(30)29-13-12-27(14-16(29)4)15-19-21(23(31)33-7-3)22(26-24(32)28(19)6-2)17-8-10-18(25)11-9-17/h8-11,16,22H,5-7,12-15H2,1-4H3,(H,26,32)/t16-,22-/m0/s1. The zero-order valence-corrected chi connectivity index (χ0v) is 19.8. The maximum atomic E-state index is 13.5. The second-order valence-electron chi connectivity index (χ2n) is 8.28. The number of urea groups is 1. The molecule has 1 aromatic carbocycles. The van der Waals surface area contributed by atoms with E-state index in [0.29, 0.717) is 56.0 Å². The van der Waals surface area contributed by atoms with Crippen LogP contribution in [0.1, 0.15) is 45.7 Å². The second kappa shape index (κ2) is 10.8. The molecule has 0 unspecified atom stereocenters. The van der Waals surface area contributed by atoms with Gasteiger partial charge in [0.1, 0.15) is 5.82 Å². The Balaban J connectivity index is 1.98. The van der Waals surface area contributed by atoms with Crippen molar-refractivity contribution >= 4 is 17.9 Å². The summed E-state index contributed by atoms with van der Waals surface area (Å²) >= 11 is 0. The number of piperazine rings is 1. The van der Waals surface area contributed by atoms with Gasteiger partial charge in [0.05, 0.1) is 18.2 Å². The van der Waals surface area contributed by atoms with Gasteiger partial charge in [0, 0.05) is 50.9 Å². The number of hydrogen-bond acceptors (Lipinski definition) is 5. The van der Waals surface area contributed by atoms with Crippen LogP contribution in [0.2, 0.25) is 0 Å². The highest BCUT2D eigenvalue weighted by Crippen LogP contribution is 2.32. The van der Waals surface area contributed by atoms with Gasteiger partial charge in [-0.1, -0.05) is 19.1 Å². The van der Waals surface area contributed by atoms with Gasteiger partial charge in [0.25, 0.3) is 0 Å². The zero-order valence-electron chi connectivity index (χ0n) is 19.8. The second-order valence-corrected chi connectivity index (χ2v) is 8.28. The van der Waals surface area contributed by atoms with Crippen molar-refractivity contribution in [1.82, 2.24) is 20.0 Å². The Labute approximate surface area is 194 Å². The van der Waals surface area contributed by atoms with E-state index in [0.717, 1.165) is 0 Å². The molecule has 3 amide bonds.